The van der Waals surface area contributed by atoms with Crippen LogP contribution in [-0.2, 0) is 10.0 Å². The van der Waals surface area contributed by atoms with Crippen LogP contribution in [0.2, 0.25) is 0 Å². The van der Waals surface area contributed by atoms with Gasteiger partial charge in [-0.3, -0.25) is 14.7 Å². The third-order valence-corrected chi connectivity index (χ3v) is 6.78. The number of hydrogen-bond acceptors (Lipinski definition) is 6. The summed E-state index contributed by atoms with van der Waals surface area (Å²) in [5, 5.41) is 3.93. The number of benzene rings is 1. The third kappa shape index (κ3) is 4.62. The summed E-state index contributed by atoms with van der Waals surface area (Å²) in [6, 6.07) is 18.4. The molecule has 0 saturated carbocycles. The van der Waals surface area contributed by atoms with Crippen molar-refractivity contribution in [1.82, 2.24) is 19.9 Å². The lowest BCUT2D eigenvalue weighted by Gasteiger charge is -2.29. The Hall–Kier alpha value is -3.96. The zero-order valence-electron chi connectivity index (χ0n) is 19.6. The smallest absolute Gasteiger partial charge is 0.229 e. The van der Waals surface area contributed by atoms with Crippen LogP contribution in [0.1, 0.15) is 23.5 Å². The Morgan fingerprint density at radius 3 is 2.53 bits per heavy atom. The Balaban J connectivity index is 1.67. The van der Waals surface area contributed by atoms with Crippen molar-refractivity contribution in [2.45, 2.75) is 12.1 Å². The number of hydrogen-bond donors (Lipinski definition) is 2. The summed E-state index contributed by atoms with van der Waals surface area (Å²) in [6.07, 6.45) is 8.34. The maximum absolute atomic E-state index is 12.0. The van der Waals surface area contributed by atoms with Crippen LogP contribution in [0.25, 0.3) is 5.69 Å². The van der Waals surface area contributed by atoms with E-state index in [1.807, 2.05) is 59.6 Å². The molecule has 0 amide bonds. The molecule has 0 aliphatic carbocycles. The molecule has 1 aliphatic heterocycles. The SMILES string of the molecule is COc1ccc(N2C(=S)N[C@@H](c3ccccn3)[C@H]2c2cccn2-c2ccncc2)cc1NS(C)(=O)=O. The molecule has 0 radical (unpaired) electrons. The van der Waals surface area contributed by atoms with E-state index in [1.54, 1.807) is 30.7 Å². The van der Waals surface area contributed by atoms with E-state index in [0.29, 0.717) is 22.2 Å². The summed E-state index contributed by atoms with van der Waals surface area (Å²) < 4.78 is 34.1. The van der Waals surface area contributed by atoms with E-state index < -0.39 is 10.0 Å². The third-order valence-electron chi connectivity index (χ3n) is 5.88. The number of nitrogens with one attached hydrogen (secondary N) is 2. The molecule has 0 unspecified atom stereocenters. The fraction of sp³-hybridized carbons (Fsp3) is 0.160. The van der Waals surface area contributed by atoms with Crippen LogP contribution in [-0.4, -0.2) is 41.4 Å². The number of anilines is 2. The highest BCUT2D eigenvalue weighted by Crippen LogP contribution is 2.43. The normalized spacial score (nSPS) is 17.6. The van der Waals surface area contributed by atoms with Gasteiger partial charge in [0.25, 0.3) is 0 Å². The zero-order chi connectivity index (χ0) is 25.3. The van der Waals surface area contributed by atoms with Gasteiger partial charge in [-0.15, -0.1) is 0 Å². The molecule has 0 spiro atoms. The summed E-state index contributed by atoms with van der Waals surface area (Å²) in [5.41, 5.74) is 3.78. The fourth-order valence-corrected chi connectivity index (χ4v) is 5.34. The lowest BCUT2D eigenvalue weighted by Crippen LogP contribution is -2.30. The average molecular weight is 521 g/mol. The molecule has 1 aliphatic rings. The number of methoxy groups -OCH3 is 1. The van der Waals surface area contributed by atoms with Gasteiger partial charge in [0, 0.05) is 41.9 Å². The van der Waals surface area contributed by atoms with Crippen LogP contribution >= 0.6 is 12.2 Å². The van der Waals surface area contributed by atoms with E-state index in [0.717, 1.165) is 23.3 Å². The minimum Gasteiger partial charge on any atom is -0.495 e. The molecular formula is C25H24N6O3S2. The Bertz CT molecular complexity index is 1490. The van der Waals surface area contributed by atoms with E-state index >= 15 is 0 Å². The van der Waals surface area contributed by atoms with Gasteiger partial charge in [0.2, 0.25) is 10.0 Å². The van der Waals surface area contributed by atoms with Gasteiger partial charge >= 0.3 is 0 Å². The topological polar surface area (TPSA) is 101 Å². The van der Waals surface area contributed by atoms with Gasteiger partial charge in [-0.2, -0.15) is 0 Å². The van der Waals surface area contributed by atoms with E-state index in [9.17, 15) is 8.42 Å². The highest BCUT2D eigenvalue weighted by molar-refractivity contribution is 7.92. The van der Waals surface area contributed by atoms with Crippen molar-refractivity contribution in [3.05, 3.63) is 96.8 Å². The van der Waals surface area contributed by atoms with Crippen LogP contribution in [0.15, 0.2) is 85.5 Å². The first-order valence-corrected chi connectivity index (χ1v) is 13.4. The van der Waals surface area contributed by atoms with Crippen molar-refractivity contribution in [2.75, 3.05) is 23.0 Å². The molecule has 4 heterocycles. The summed E-state index contributed by atoms with van der Waals surface area (Å²) in [4.78, 5) is 10.7. The highest BCUT2D eigenvalue weighted by Gasteiger charge is 2.42. The molecule has 9 nitrogen and oxygen atoms in total. The van der Waals surface area contributed by atoms with Crippen LogP contribution in [0, 0.1) is 0 Å². The second kappa shape index (κ2) is 9.59. The number of nitrogens with zero attached hydrogens (tertiary/aromatic N) is 4. The molecule has 2 N–H and O–H groups in total. The standard InChI is InChI=1S/C25H24N6O3S2/c1-34-22-9-8-18(16-20(22)29-36(2,32)33)31-24(23(28-25(31)35)19-6-3-4-12-27-19)21-7-5-15-30(21)17-10-13-26-14-11-17/h3-16,23-24,29H,1-2H3,(H,28,35)/t23-,24+/m0/s1. The van der Waals surface area contributed by atoms with Crippen molar-refractivity contribution in [2.24, 2.45) is 0 Å². The van der Waals surface area contributed by atoms with Crippen LogP contribution in [0.4, 0.5) is 11.4 Å². The van der Waals surface area contributed by atoms with E-state index in [2.05, 4.69) is 24.6 Å². The highest BCUT2D eigenvalue weighted by atomic mass is 32.2. The first-order valence-electron chi connectivity index (χ1n) is 11.1. The molecule has 0 bridgehead atoms. The Kier molecular flexibility index (Phi) is 6.33. The van der Waals surface area contributed by atoms with Gasteiger partial charge in [-0.05, 0) is 66.8 Å². The van der Waals surface area contributed by atoms with Crippen molar-refractivity contribution < 1.29 is 13.2 Å². The lowest BCUT2D eigenvalue weighted by molar-refractivity contribution is 0.417. The molecule has 184 valence electrons. The molecular weight excluding hydrogens is 496 g/mol. The Morgan fingerprint density at radius 1 is 1.03 bits per heavy atom. The van der Waals surface area contributed by atoms with Gasteiger partial charge in [0.1, 0.15) is 11.8 Å². The minimum absolute atomic E-state index is 0.261. The molecule has 2 atom stereocenters. The Labute approximate surface area is 214 Å². The van der Waals surface area contributed by atoms with Crippen LogP contribution < -0.4 is 19.7 Å². The van der Waals surface area contributed by atoms with Gasteiger partial charge in [-0.1, -0.05) is 6.07 Å². The first kappa shape index (κ1) is 23.8. The monoisotopic (exact) mass is 520 g/mol. The molecule has 1 saturated heterocycles. The summed E-state index contributed by atoms with van der Waals surface area (Å²) in [5.74, 6) is 0.403. The lowest BCUT2D eigenvalue weighted by atomic mass is 10.0. The molecule has 11 heteroatoms. The predicted molar refractivity (Wildman–Crippen MR) is 143 cm³/mol. The van der Waals surface area contributed by atoms with Crippen molar-refractivity contribution in [3.63, 3.8) is 0 Å². The summed E-state index contributed by atoms with van der Waals surface area (Å²) >= 11 is 5.82. The summed E-state index contributed by atoms with van der Waals surface area (Å²) in [6.45, 7) is 0. The van der Waals surface area contributed by atoms with Gasteiger partial charge < -0.3 is 19.5 Å². The number of sulfonamides is 1. The number of aromatic nitrogens is 3. The molecule has 36 heavy (non-hydrogen) atoms. The molecule has 5 rings (SSSR count). The summed E-state index contributed by atoms with van der Waals surface area (Å²) in [7, 11) is -2.04. The van der Waals surface area contributed by atoms with E-state index in [-0.39, 0.29) is 12.1 Å². The second-order valence-corrected chi connectivity index (χ2v) is 10.4. The number of pyridine rings is 2. The molecule has 4 aromatic rings. The number of thiocarbonyl (C=S) groups is 1. The molecule has 1 aromatic carbocycles. The first-order chi connectivity index (χ1) is 17.4. The van der Waals surface area contributed by atoms with Gasteiger partial charge in [0.15, 0.2) is 5.11 Å². The van der Waals surface area contributed by atoms with E-state index in [1.165, 1.54) is 7.11 Å². The maximum Gasteiger partial charge on any atom is 0.229 e. The molecule has 3 aromatic heterocycles. The number of rotatable bonds is 7. The van der Waals surface area contributed by atoms with Gasteiger partial charge in [-0.25, -0.2) is 8.42 Å². The minimum atomic E-state index is -3.53. The van der Waals surface area contributed by atoms with Crippen LogP contribution in [0.5, 0.6) is 5.75 Å². The zero-order valence-corrected chi connectivity index (χ0v) is 21.2. The maximum atomic E-state index is 12.0. The fourth-order valence-electron chi connectivity index (χ4n) is 4.43. The van der Waals surface area contributed by atoms with Crippen LogP contribution in [0.3, 0.4) is 0 Å². The largest absolute Gasteiger partial charge is 0.495 e. The number of ether oxygens (including phenoxy) is 1. The van der Waals surface area contributed by atoms with Gasteiger partial charge in [0.05, 0.1) is 30.8 Å². The van der Waals surface area contributed by atoms with Crippen molar-refractivity contribution in [3.8, 4) is 11.4 Å². The van der Waals surface area contributed by atoms with Crippen molar-refractivity contribution in [1.29, 1.82) is 0 Å². The Morgan fingerprint density at radius 2 is 1.83 bits per heavy atom. The molecule has 1 fully saturated rings. The van der Waals surface area contributed by atoms with Crippen molar-refractivity contribution >= 4 is 38.7 Å². The van der Waals surface area contributed by atoms with E-state index in [4.69, 9.17) is 17.0 Å². The predicted octanol–water partition coefficient (Wildman–Crippen LogP) is 3.82. The second-order valence-electron chi connectivity index (χ2n) is 8.26. The quantitative estimate of drug-likeness (QED) is 0.355. The average Bonchev–Trinajstić information content (AvgIpc) is 3.48.